The Bertz CT molecular complexity index is 714. The maximum Gasteiger partial charge on any atom is 0.416 e. The summed E-state index contributed by atoms with van der Waals surface area (Å²) < 4.78 is 75.6. The molecule has 1 rings (SSSR count). The number of carboxylic acid groups (broad SMARTS) is 1. The monoisotopic (exact) mass is 386 g/mol. The van der Waals surface area contributed by atoms with Crippen LogP contribution in [-0.4, -0.2) is 35.1 Å². The highest BCUT2D eigenvalue weighted by molar-refractivity contribution is 5.98. The Morgan fingerprint density at radius 3 is 2.08 bits per heavy atom. The molecule has 1 unspecified atom stereocenters. The molecule has 144 valence electrons. The fourth-order valence-corrected chi connectivity index (χ4v) is 1.87. The summed E-state index contributed by atoms with van der Waals surface area (Å²) in [6.45, 7) is 0.990. The van der Waals surface area contributed by atoms with Gasteiger partial charge in [-0.05, 0) is 18.2 Å². The van der Waals surface area contributed by atoms with Crippen LogP contribution in [0.1, 0.15) is 29.3 Å². The number of nitrogens with one attached hydrogen (secondary N) is 2. The first-order valence-corrected chi connectivity index (χ1v) is 6.79. The van der Waals surface area contributed by atoms with Gasteiger partial charge in [0.15, 0.2) is 0 Å². The molecular formula is C14H12F6N2O4. The number of aliphatic carboxylic acids is 1. The average Bonchev–Trinajstić information content (AvgIpc) is 2.42. The van der Waals surface area contributed by atoms with E-state index in [1.54, 1.807) is 0 Å². The van der Waals surface area contributed by atoms with Gasteiger partial charge in [-0.15, -0.1) is 0 Å². The van der Waals surface area contributed by atoms with Crippen LogP contribution in [0.4, 0.5) is 32.0 Å². The van der Waals surface area contributed by atoms with Gasteiger partial charge < -0.3 is 15.7 Å². The number of anilines is 1. The Hall–Kier alpha value is -2.79. The smallest absolute Gasteiger partial charge is 0.416 e. The van der Waals surface area contributed by atoms with Crippen LogP contribution in [0.3, 0.4) is 0 Å². The first-order valence-electron chi connectivity index (χ1n) is 6.79. The van der Waals surface area contributed by atoms with Crippen molar-refractivity contribution in [2.45, 2.75) is 31.7 Å². The molecule has 0 heterocycles. The van der Waals surface area contributed by atoms with Crippen molar-refractivity contribution in [2.75, 3.05) is 5.32 Å². The van der Waals surface area contributed by atoms with E-state index in [0.717, 1.165) is 13.0 Å². The summed E-state index contributed by atoms with van der Waals surface area (Å²) in [7, 11) is 0. The van der Waals surface area contributed by atoms with E-state index in [1.807, 2.05) is 5.32 Å². The van der Waals surface area contributed by atoms with Crippen LogP contribution < -0.4 is 10.6 Å². The lowest BCUT2D eigenvalue weighted by atomic mass is 10.1. The van der Waals surface area contributed by atoms with E-state index in [9.17, 15) is 40.7 Å². The number of benzene rings is 1. The Labute approximate surface area is 142 Å². The van der Waals surface area contributed by atoms with Gasteiger partial charge in [0.25, 0.3) is 5.91 Å². The van der Waals surface area contributed by atoms with E-state index >= 15 is 0 Å². The molecule has 0 aliphatic carbocycles. The lowest BCUT2D eigenvalue weighted by Crippen LogP contribution is -2.43. The predicted octanol–water partition coefficient (Wildman–Crippen LogP) is 2.80. The molecule has 0 saturated heterocycles. The number of carboxylic acids is 1. The summed E-state index contributed by atoms with van der Waals surface area (Å²) in [6.07, 6.45) is -11.8. The Morgan fingerprint density at radius 1 is 1.08 bits per heavy atom. The third-order valence-electron chi connectivity index (χ3n) is 2.88. The van der Waals surface area contributed by atoms with Gasteiger partial charge in [-0.25, -0.2) is 4.79 Å². The van der Waals surface area contributed by atoms with Crippen LogP contribution in [0.5, 0.6) is 0 Å². The third-order valence-corrected chi connectivity index (χ3v) is 2.88. The van der Waals surface area contributed by atoms with E-state index < -0.39 is 59.4 Å². The SMILES string of the molecule is CC(=O)Nc1cc(C(=O)NC(CC(F)(F)F)C(=O)O)cc(C(F)(F)F)c1. The zero-order chi connectivity index (χ0) is 20.3. The van der Waals surface area contributed by atoms with Crippen molar-refractivity contribution in [3.63, 3.8) is 0 Å². The van der Waals surface area contributed by atoms with Gasteiger partial charge in [-0.2, -0.15) is 26.3 Å². The molecule has 0 aliphatic rings. The molecule has 26 heavy (non-hydrogen) atoms. The highest BCUT2D eigenvalue weighted by Crippen LogP contribution is 2.32. The Balaban J connectivity index is 3.20. The molecule has 3 N–H and O–H groups in total. The van der Waals surface area contributed by atoms with E-state index in [4.69, 9.17) is 5.11 Å². The van der Waals surface area contributed by atoms with E-state index in [0.29, 0.717) is 12.1 Å². The topological polar surface area (TPSA) is 95.5 Å². The van der Waals surface area contributed by atoms with Gasteiger partial charge in [0, 0.05) is 18.2 Å². The fourth-order valence-electron chi connectivity index (χ4n) is 1.87. The van der Waals surface area contributed by atoms with E-state index in [1.165, 1.54) is 5.32 Å². The molecule has 0 bridgehead atoms. The highest BCUT2D eigenvalue weighted by Gasteiger charge is 2.37. The quantitative estimate of drug-likeness (QED) is 0.679. The second kappa shape index (κ2) is 7.62. The normalized spacial score (nSPS) is 13.0. The number of hydrogen-bond donors (Lipinski definition) is 3. The minimum Gasteiger partial charge on any atom is -0.480 e. The minimum atomic E-state index is -4.93. The molecule has 0 aromatic heterocycles. The van der Waals surface area contributed by atoms with Gasteiger partial charge in [-0.3, -0.25) is 9.59 Å². The second-order valence-corrected chi connectivity index (χ2v) is 5.16. The Morgan fingerprint density at radius 2 is 1.65 bits per heavy atom. The minimum absolute atomic E-state index is 0.327. The zero-order valence-electron chi connectivity index (χ0n) is 13.0. The van der Waals surface area contributed by atoms with Gasteiger partial charge in [0.2, 0.25) is 5.91 Å². The number of alkyl halides is 6. The average molecular weight is 386 g/mol. The molecule has 0 fully saturated rings. The van der Waals surface area contributed by atoms with Gasteiger partial charge in [-0.1, -0.05) is 0 Å². The summed E-state index contributed by atoms with van der Waals surface area (Å²) in [6, 6.07) is -0.768. The maximum absolute atomic E-state index is 12.9. The van der Waals surface area contributed by atoms with Gasteiger partial charge in [0.05, 0.1) is 12.0 Å². The third kappa shape index (κ3) is 6.61. The summed E-state index contributed by atoms with van der Waals surface area (Å²) in [5, 5.41) is 12.3. The van der Waals surface area contributed by atoms with Crippen LogP contribution in [0.25, 0.3) is 0 Å². The van der Waals surface area contributed by atoms with Crippen LogP contribution in [0.2, 0.25) is 0 Å². The molecule has 6 nitrogen and oxygen atoms in total. The number of halogens is 6. The summed E-state index contributed by atoms with van der Waals surface area (Å²) in [5.74, 6) is -4.24. The lowest BCUT2D eigenvalue weighted by Gasteiger charge is -2.17. The molecule has 1 aromatic rings. The number of carbonyl (C=O) groups is 3. The van der Waals surface area contributed by atoms with Crippen LogP contribution in [0.15, 0.2) is 18.2 Å². The second-order valence-electron chi connectivity index (χ2n) is 5.16. The van der Waals surface area contributed by atoms with Crippen LogP contribution in [0, 0.1) is 0 Å². The molecule has 0 aliphatic heterocycles. The predicted molar refractivity (Wildman–Crippen MR) is 75.3 cm³/mol. The number of rotatable bonds is 5. The number of hydrogen-bond acceptors (Lipinski definition) is 3. The van der Waals surface area contributed by atoms with E-state index in [-0.39, 0.29) is 0 Å². The van der Waals surface area contributed by atoms with Crippen LogP contribution >= 0.6 is 0 Å². The van der Waals surface area contributed by atoms with Crippen molar-refractivity contribution in [1.29, 1.82) is 0 Å². The van der Waals surface area contributed by atoms with Crippen molar-refractivity contribution in [2.24, 2.45) is 0 Å². The first-order chi connectivity index (χ1) is 11.7. The highest BCUT2D eigenvalue weighted by atomic mass is 19.4. The largest absolute Gasteiger partial charge is 0.480 e. The molecule has 0 saturated carbocycles. The maximum atomic E-state index is 12.9. The van der Waals surface area contributed by atoms with Crippen molar-refractivity contribution >= 4 is 23.5 Å². The van der Waals surface area contributed by atoms with Crippen molar-refractivity contribution in [3.05, 3.63) is 29.3 Å². The number of carbonyl (C=O) groups excluding carboxylic acids is 2. The molecule has 0 radical (unpaired) electrons. The molecule has 2 amide bonds. The van der Waals surface area contributed by atoms with E-state index in [2.05, 4.69) is 0 Å². The van der Waals surface area contributed by atoms with Crippen LogP contribution in [-0.2, 0) is 15.8 Å². The summed E-state index contributed by atoms with van der Waals surface area (Å²) in [4.78, 5) is 33.8. The van der Waals surface area contributed by atoms with Gasteiger partial charge in [0.1, 0.15) is 6.04 Å². The van der Waals surface area contributed by atoms with Crippen molar-refractivity contribution < 1.29 is 45.8 Å². The summed E-state index contributed by atoms with van der Waals surface area (Å²) in [5.41, 5.74) is -2.55. The molecule has 1 atom stereocenters. The first kappa shape index (κ1) is 21.3. The zero-order valence-corrected chi connectivity index (χ0v) is 13.0. The molecule has 12 heteroatoms. The Kier molecular flexibility index (Phi) is 6.23. The lowest BCUT2D eigenvalue weighted by molar-refractivity contribution is -0.157. The molecule has 0 spiro atoms. The van der Waals surface area contributed by atoms with Gasteiger partial charge >= 0.3 is 18.3 Å². The fraction of sp³-hybridized carbons (Fsp3) is 0.357. The van der Waals surface area contributed by atoms with Crippen molar-refractivity contribution in [3.8, 4) is 0 Å². The molecule has 1 aromatic carbocycles. The van der Waals surface area contributed by atoms with Crippen molar-refractivity contribution in [1.82, 2.24) is 5.32 Å². The molecular weight excluding hydrogens is 374 g/mol. The standard InChI is InChI=1S/C14H12F6N2O4/c1-6(23)21-9-3-7(2-8(4-9)14(18,19)20)11(24)22-10(12(25)26)5-13(15,16)17/h2-4,10H,5H2,1H3,(H,21,23)(H,22,24)(H,25,26). The number of amides is 2. The summed E-state index contributed by atoms with van der Waals surface area (Å²) >= 11 is 0.